The summed E-state index contributed by atoms with van der Waals surface area (Å²) in [5.74, 6) is 1.52. The highest BCUT2D eigenvalue weighted by atomic mass is 35.5. The molecule has 2 saturated carbocycles. The fourth-order valence-corrected chi connectivity index (χ4v) is 7.63. The molecule has 3 aromatic carbocycles. The molecule has 0 saturated heterocycles. The molecular formula is C36H42ClFN2O3. The molecule has 0 radical (unpaired) electrons. The van der Waals surface area contributed by atoms with Gasteiger partial charge in [-0.2, -0.15) is 9.97 Å². The van der Waals surface area contributed by atoms with Crippen molar-refractivity contribution < 1.29 is 19.0 Å². The number of fused-ring (bicyclic) bond motifs is 3. The summed E-state index contributed by atoms with van der Waals surface area (Å²) in [6.45, 7) is 7.14. The Morgan fingerprint density at radius 3 is 2.70 bits per heavy atom. The molecule has 0 amide bonds. The first-order valence-electron chi connectivity index (χ1n) is 15.9. The van der Waals surface area contributed by atoms with E-state index in [0.29, 0.717) is 60.2 Å². The van der Waals surface area contributed by atoms with Gasteiger partial charge in [0, 0.05) is 11.0 Å². The van der Waals surface area contributed by atoms with Crippen molar-refractivity contribution in [2.45, 2.75) is 84.7 Å². The van der Waals surface area contributed by atoms with Crippen LogP contribution in [-0.4, -0.2) is 34.5 Å². The minimum atomic E-state index is -0.780. The lowest BCUT2D eigenvalue weighted by molar-refractivity contribution is 0.0102. The topological polar surface area (TPSA) is 64.5 Å². The summed E-state index contributed by atoms with van der Waals surface area (Å²) in [5.41, 5.74) is 2.73. The highest BCUT2D eigenvalue weighted by molar-refractivity contribution is 6.36. The van der Waals surface area contributed by atoms with Crippen LogP contribution in [0.25, 0.3) is 32.8 Å². The maximum atomic E-state index is 14.9. The highest BCUT2D eigenvalue weighted by Crippen LogP contribution is 2.50. The van der Waals surface area contributed by atoms with Crippen LogP contribution in [0.1, 0.15) is 77.3 Å². The first-order chi connectivity index (χ1) is 20.8. The van der Waals surface area contributed by atoms with E-state index in [9.17, 15) is 9.50 Å². The van der Waals surface area contributed by atoms with Gasteiger partial charge in [0.2, 0.25) is 0 Å². The molecule has 2 aliphatic rings. The molecule has 43 heavy (non-hydrogen) atoms. The fourth-order valence-electron chi connectivity index (χ4n) is 7.33. The van der Waals surface area contributed by atoms with Crippen LogP contribution in [0.5, 0.6) is 17.5 Å². The Labute approximate surface area is 258 Å². The molecule has 2 unspecified atom stereocenters. The molecule has 1 heterocycles. The molecule has 4 atom stereocenters. The molecule has 7 heteroatoms. The van der Waals surface area contributed by atoms with E-state index in [2.05, 4.69) is 13.8 Å². The van der Waals surface area contributed by atoms with E-state index in [1.54, 1.807) is 12.1 Å². The number of hydrogen-bond donors (Lipinski definition) is 1. The second kappa shape index (κ2) is 12.5. The summed E-state index contributed by atoms with van der Waals surface area (Å²) < 4.78 is 27.7. The number of halogens is 2. The number of nitrogens with zero attached hydrogens (tertiary/aromatic N) is 2. The molecule has 1 aromatic heterocycles. The van der Waals surface area contributed by atoms with E-state index in [0.717, 1.165) is 71.5 Å². The van der Waals surface area contributed by atoms with Gasteiger partial charge in [-0.1, -0.05) is 75.4 Å². The van der Waals surface area contributed by atoms with E-state index in [1.165, 1.54) is 6.42 Å². The third-order valence-electron chi connectivity index (χ3n) is 9.92. The van der Waals surface area contributed by atoms with Crippen molar-refractivity contribution in [3.8, 4) is 28.6 Å². The van der Waals surface area contributed by atoms with Gasteiger partial charge in [-0.25, -0.2) is 4.39 Å². The maximum absolute atomic E-state index is 14.9. The zero-order valence-corrected chi connectivity index (χ0v) is 26.2. The van der Waals surface area contributed by atoms with Gasteiger partial charge in [0.1, 0.15) is 17.7 Å². The number of alkyl halides is 1. The SMILES string of the molecule is CC[C@@H](C)COc1c(Cl)c(-c2cc(O)cc3ccccc23)cc2nc(OC[C@@]34CCCCC3CCCC(F)C4)nc(C)c12. The van der Waals surface area contributed by atoms with Gasteiger partial charge >= 0.3 is 6.01 Å². The fraction of sp³-hybridized carbons (Fsp3) is 0.500. The lowest BCUT2D eigenvalue weighted by Crippen LogP contribution is -2.40. The molecule has 4 aromatic rings. The van der Waals surface area contributed by atoms with Crippen LogP contribution in [0.2, 0.25) is 5.02 Å². The van der Waals surface area contributed by atoms with Crippen LogP contribution in [0.4, 0.5) is 4.39 Å². The number of phenolic OH excluding ortho intramolecular Hbond substituents is 1. The number of rotatable bonds is 8. The van der Waals surface area contributed by atoms with Gasteiger partial charge in [0.25, 0.3) is 0 Å². The smallest absolute Gasteiger partial charge is 0.317 e. The number of phenols is 1. The second-order valence-corrected chi connectivity index (χ2v) is 13.3. The van der Waals surface area contributed by atoms with Gasteiger partial charge < -0.3 is 14.6 Å². The van der Waals surface area contributed by atoms with Crippen molar-refractivity contribution in [3.63, 3.8) is 0 Å². The molecule has 5 nitrogen and oxygen atoms in total. The largest absolute Gasteiger partial charge is 0.508 e. The number of aryl methyl sites for hydroxylation is 1. The minimum absolute atomic E-state index is 0.158. The summed E-state index contributed by atoms with van der Waals surface area (Å²) in [7, 11) is 0. The summed E-state index contributed by atoms with van der Waals surface area (Å²) in [4.78, 5) is 9.68. The zero-order valence-electron chi connectivity index (χ0n) is 25.5. The van der Waals surface area contributed by atoms with Crippen LogP contribution in [-0.2, 0) is 0 Å². The molecule has 2 fully saturated rings. The molecule has 0 spiro atoms. The normalized spacial score (nSPS) is 23.1. The third kappa shape index (κ3) is 6.00. The Bertz CT molecular complexity index is 1630. The Hall–Kier alpha value is -3.12. The molecule has 0 bridgehead atoms. The molecule has 1 N–H and O–H groups in total. The van der Waals surface area contributed by atoms with Crippen molar-refractivity contribution in [2.75, 3.05) is 13.2 Å². The van der Waals surface area contributed by atoms with Crippen LogP contribution in [0.3, 0.4) is 0 Å². The van der Waals surface area contributed by atoms with E-state index in [1.807, 2.05) is 37.3 Å². The van der Waals surface area contributed by atoms with Crippen molar-refractivity contribution in [3.05, 3.63) is 53.2 Å². The first-order valence-corrected chi connectivity index (χ1v) is 16.3. The number of ether oxygens (including phenoxy) is 2. The lowest BCUT2D eigenvalue weighted by Gasteiger charge is -2.43. The zero-order chi connectivity index (χ0) is 30.1. The van der Waals surface area contributed by atoms with Gasteiger partial charge in [-0.15, -0.1) is 0 Å². The lowest BCUT2D eigenvalue weighted by atomic mass is 9.64. The minimum Gasteiger partial charge on any atom is -0.508 e. The molecule has 0 aliphatic heterocycles. The monoisotopic (exact) mass is 604 g/mol. The number of benzene rings is 3. The van der Waals surface area contributed by atoms with Crippen LogP contribution in [0.15, 0.2) is 42.5 Å². The Morgan fingerprint density at radius 1 is 1.05 bits per heavy atom. The second-order valence-electron chi connectivity index (χ2n) is 12.9. The van der Waals surface area contributed by atoms with Gasteiger partial charge in [-0.3, -0.25) is 0 Å². The van der Waals surface area contributed by atoms with Gasteiger partial charge in [0.15, 0.2) is 0 Å². The summed E-state index contributed by atoms with van der Waals surface area (Å²) >= 11 is 7.15. The summed E-state index contributed by atoms with van der Waals surface area (Å²) in [5, 5.41) is 13.7. The predicted molar refractivity (Wildman–Crippen MR) is 172 cm³/mol. The standard InChI is InChI=1S/C36H42ClFN2O3/c1-4-22(2)20-42-34-32-23(3)39-35(43-21-36-15-8-7-11-25(36)12-9-13-26(38)19-36)40-31(32)18-30(33(34)37)29-17-27(41)16-24-10-5-6-14-28(24)29/h5-6,10,14,16-18,22,25-26,41H,4,7-9,11-13,15,19-21H2,1-3H3/t22-,25?,26?,36+/m1/s1. The number of aromatic nitrogens is 2. The third-order valence-corrected chi connectivity index (χ3v) is 10.3. The quantitative estimate of drug-likeness (QED) is 0.217. The van der Waals surface area contributed by atoms with E-state index in [-0.39, 0.29) is 11.2 Å². The predicted octanol–water partition coefficient (Wildman–Crippen LogP) is 10.0. The Kier molecular flexibility index (Phi) is 8.68. The van der Waals surface area contributed by atoms with E-state index in [4.69, 9.17) is 31.0 Å². The Morgan fingerprint density at radius 2 is 1.86 bits per heavy atom. The van der Waals surface area contributed by atoms with Crippen LogP contribution >= 0.6 is 11.6 Å². The molecule has 2 aliphatic carbocycles. The Balaban J connectivity index is 1.45. The van der Waals surface area contributed by atoms with E-state index < -0.39 is 6.17 Å². The van der Waals surface area contributed by atoms with E-state index >= 15 is 0 Å². The summed E-state index contributed by atoms with van der Waals surface area (Å²) in [6, 6.07) is 13.6. The molecule has 6 rings (SSSR count). The van der Waals surface area contributed by atoms with Crippen molar-refractivity contribution >= 4 is 33.3 Å². The number of aromatic hydroxyl groups is 1. The first kappa shape index (κ1) is 29.9. The average Bonchev–Trinajstić information content (AvgIpc) is 3.17. The van der Waals surface area contributed by atoms with Gasteiger partial charge in [0.05, 0.1) is 34.8 Å². The van der Waals surface area contributed by atoms with Crippen molar-refractivity contribution in [1.29, 1.82) is 0 Å². The van der Waals surface area contributed by atoms with Crippen molar-refractivity contribution in [2.24, 2.45) is 17.3 Å². The maximum Gasteiger partial charge on any atom is 0.317 e. The molecular weight excluding hydrogens is 563 g/mol. The average molecular weight is 605 g/mol. The van der Waals surface area contributed by atoms with Crippen LogP contribution in [0, 0.1) is 24.2 Å². The van der Waals surface area contributed by atoms with Crippen molar-refractivity contribution in [1.82, 2.24) is 9.97 Å². The molecule has 228 valence electrons. The van der Waals surface area contributed by atoms with Gasteiger partial charge in [-0.05, 0) is 85.4 Å². The highest BCUT2D eigenvalue weighted by Gasteiger charge is 2.44. The number of hydrogen-bond acceptors (Lipinski definition) is 5. The summed E-state index contributed by atoms with van der Waals surface area (Å²) in [6.07, 6.45) is 7.87. The van der Waals surface area contributed by atoms with Crippen LogP contribution < -0.4 is 9.47 Å².